The Morgan fingerprint density at radius 2 is 2.17 bits per heavy atom. The van der Waals surface area contributed by atoms with E-state index in [9.17, 15) is 14.3 Å². The van der Waals surface area contributed by atoms with Gasteiger partial charge in [-0.25, -0.2) is 4.39 Å². The average Bonchev–Trinajstić information content (AvgIpc) is 2.30. The SMILES string of the molecule is O=C(O)C1(c2c(F)ccc3c2COCO3)CCC1. The highest BCUT2D eigenvalue weighted by atomic mass is 19.1. The highest BCUT2D eigenvalue weighted by Crippen LogP contribution is 2.48. The van der Waals surface area contributed by atoms with Crippen molar-refractivity contribution >= 4 is 5.97 Å². The topological polar surface area (TPSA) is 55.8 Å². The first-order chi connectivity index (χ1) is 8.65. The van der Waals surface area contributed by atoms with Crippen molar-refractivity contribution in [2.45, 2.75) is 31.3 Å². The van der Waals surface area contributed by atoms with Crippen molar-refractivity contribution in [3.63, 3.8) is 0 Å². The van der Waals surface area contributed by atoms with Gasteiger partial charge >= 0.3 is 5.97 Å². The molecule has 1 aromatic carbocycles. The van der Waals surface area contributed by atoms with Gasteiger partial charge in [0.1, 0.15) is 11.6 Å². The van der Waals surface area contributed by atoms with Crippen LogP contribution in [0.1, 0.15) is 30.4 Å². The standard InChI is InChI=1S/C13H13FO4/c14-9-2-3-10-8(6-17-7-18-10)11(9)13(12(15)16)4-1-5-13/h2-3H,1,4-7H2,(H,15,16). The van der Waals surface area contributed by atoms with Gasteiger partial charge in [-0.2, -0.15) is 0 Å². The van der Waals surface area contributed by atoms with Crippen LogP contribution in [0.25, 0.3) is 0 Å². The van der Waals surface area contributed by atoms with Crippen LogP contribution in [0.3, 0.4) is 0 Å². The van der Waals surface area contributed by atoms with E-state index in [4.69, 9.17) is 9.47 Å². The fraction of sp³-hybridized carbons (Fsp3) is 0.462. The summed E-state index contributed by atoms with van der Waals surface area (Å²) in [6.07, 6.45) is 1.74. The van der Waals surface area contributed by atoms with Crippen molar-refractivity contribution in [2.75, 3.05) is 6.79 Å². The largest absolute Gasteiger partial charge is 0.481 e. The van der Waals surface area contributed by atoms with E-state index in [0.717, 1.165) is 6.42 Å². The predicted octanol–water partition coefficient (Wildman–Crippen LogP) is 2.20. The highest BCUT2D eigenvalue weighted by Gasteiger charge is 2.49. The van der Waals surface area contributed by atoms with Gasteiger partial charge in [-0.05, 0) is 25.0 Å². The predicted molar refractivity (Wildman–Crippen MR) is 59.8 cm³/mol. The number of halogens is 1. The molecule has 5 heteroatoms. The molecule has 0 unspecified atom stereocenters. The Labute approximate surface area is 103 Å². The summed E-state index contributed by atoms with van der Waals surface area (Å²) in [6.45, 7) is 0.329. The molecule has 4 nitrogen and oxygen atoms in total. The summed E-state index contributed by atoms with van der Waals surface area (Å²) in [5, 5.41) is 9.41. The molecule has 1 aromatic rings. The van der Waals surface area contributed by atoms with Crippen molar-refractivity contribution in [3.8, 4) is 5.75 Å². The number of hydrogen-bond donors (Lipinski definition) is 1. The summed E-state index contributed by atoms with van der Waals surface area (Å²) in [5.41, 5.74) is -0.304. The lowest BCUT2D eigenvalue weighted by Crippen LogP contribution is -2.44. The van der Waals surface area contributed by atoms with Crippen molar-refractivity contribution in [1.82, 2.24) is 0 Å². The maximum absolute atomic E-state index is 14.1. The molecule has 18 heavy (non-hydrogen) atoms. The Bertz CT molecular complexity index is 508. The van der Waals surface area contributed by atoms with Gasteiger partial charge in [0, 0.05) is 11.1 Å². The molecule has 0 saturated heterocycles. The Morgan fingerprint density at radius 3 is 2.78 bits per heavy atom. The van der Waals surface area contributed by atoms with Crippen LogP contribution in [0, 0.1) is 5.82 Å². The van der Waals surface area contributed by atoms with E-state index in [1.165, 1.54) is 12.1 Å². The monoisotopic (exact) mass is 252 g/mol. The number of hydrogen-bond acceptors (Lipinski definition) is 3. The second-order valence-corrected chi connectivity index (χ2v) is 4.75. The van der Waals surface area contributed by atoms with E-state index in [-0.39, 0.29) is 19.0 Å². The normalized spacial score (nSPS) is 20.5. The van der Waals surface area contributed by atoms with Crippen LogP contribution in [0.2, 0.25) is 0 Å². The van der Waals surface area contributed by atoms with Gasteiger partial charge in [-0.15, -0.1) is 0 Å². The minimum absolute atomic E-state index is 0.123. The van der Waals surface area contributed by atoms with E-state index >= 15 is 0 Å². The lowest BCUT2D eigenvalue weighted by Gasteiger charge is -2.40. The molecule has 1 saturated carbocycles. The number of benzene rings is 1. The van der Waals surface area contributed by atoms with Crippen molar-refractivity contribution in [3.05, 3.63) is 29.1 Å². The smallest absolute Gasteiger partial charge is 0.314 e. The highest BCUT2D eigenvalue weighted by molar-refractivity contribution is 5.83. The molecule has 0 radical (unpaired) electrons. The summed E-state index contributed by atoms with van der Waals surface area (Å²) >= 11 is 0. The molecule has 0 spiro atoms. The zero-order valence-electron chi connectivity index (χ0n) is 9.74. The van der Waals surface area contributed by atoms with Crippen LogP contribution in [-0.2, 0) is 21.6 Å². The van der Waals surface area contributed by atoms with Gasteiger partial charge < -0.3 is 14.6 Å². The number of carbonyl (C=O) groups is 1. The fourth-order valence-electron chi connectivity index (χ4n) is 2.75. The molecule has 1 N–H and O–H groups in total. The molecule has 1 fully saturated rings. The first kappa shape index (κ1) is 11.5. The van der Waals surface area contributed by atoms with Crippen molar-refractivity contribution < 1.29 is 23.8 Å². The molecule has 2 aliphatic rings. The fourth-order valence-corrected chi connectivity index (χ4v) is 2.75. The van der Waals surface area contributed by atoms with Gasteiger partial charge in [0.25, 0.3) is 0 Å². The van der Waals surface area contributed by atoms with E-state index in [2.05, 4.69) is 0 Å². The van der Waals surface area contributed by atoms with Crippen LogP contribution in [0.5, 0.6) is 5.75 Å². The number of aliphatic carboxylic acids is 1. The lowest BCUT2D eigenvalue weighted by molar-refractivity contribution is -0.147. The zero-order chi connectivity index (χ0) is 12.8. The maximum atomic E-state index is 14.1. The van der Waals surface area contributed by atoms with Gasteiger partial charge in [-0.3, -0.25) is 4.79 Å². The van der Waals surface area contributed by atoms with Crippen LogP contribution < -0.4 is 4.74 Å². The third-order valence-corrected chi connectivity index (χ3v) is 3.86. The number of ether oxygens (including phenoxy) is 2. The van der Waals surface area contributed by atoms with Gasteiger partial charge in [0.15, 0.2) is 6.79 Å². The van der Waals surface area contributed by atoms with Crippen LogP contribution in [0.15, 0.2) is 12.1 Å². The minimum Gasteiger partial charge on any atom is -0.481 e. The molecule has 0 atom stereocenters. The molecule has 1 heterocycles. The Balaban J connectivity index is 2.18. The second-order valence-electron chi connectivity index (χ2n) is 4.75. The molecule has 0 amide bonds. The number of rotatable bonds is 2. The van der Waals surface area contributed by atoms with Crippen LogP contribution in [0.4, 0.5) is 4.39 Å². The molecule has 0 bridgehead atoms. The zero-order valence-corrected chi connectivity index (χ0v) is 9.74. The molecule has 1 aliphatic carbocycles. The quantitative estimate of drug-likeness (QED) is 0.876. The van der Waals surface area contributed by atoms with E-state index in [1.807, 2.05) is 0 Å². The molecular weight excluding hydrogens is 239 g/mol. The third-order valence-electron chi connectivity index (χ3n) is 3.86. The first-order valence-corrected chi connectivity index (χ1v) is 5.91. The Morgan fingerprint density at radius 1 is 1.39 bits per heavy atom. The number of carboxylic acids is 1. The van der Waals surface area contributed by atoms with Crippen LogP contribution >= 0.6 is 0 Å². The van der Waals surface area contributed by atoms with Gasteiger partial charge in [0.2, 0.25) is 0 Å². The molecule has 0 aromatic heterocycles. The number of carboxylic acid groups (broad SMARTS) is 1. The van der Waals surface area contributed by atoms with Gasteiger partial charge in [-0.1, -0.05) is 6.42 Å². The summed E-state index contributed by atoms with van der Waals surface area (Å²) in [5.74, 6) is -0.915. The van der Waals surface area contributed by atoms with Crippen molar-refractivity contribution in [2.24, 2.45) is 0 Å². The van der Waals surface area contributed by atoms with E-state index in [0.29, 0.717) is 24.2 Å². The average molecular weight is 252 g/mol. The minimum atomic E-state index is -1.10. The summed E-state index contributed by atoms with van der Waals surface area (Å²) in [7, 11) is 0. The summed E-state index contributed by atoms with van der Waals surface area (Å²) < 4.78 is 24.5. The summed E-state index contributed by atoms with van der Waals surface area (Å²) in [4.78, 5) is 11.5. The Hall–Kier alpha value is -1.62. The molecular formula is C13H13FO4. The van der Waals surface area contributed by atoms with E-state index in [1.54, 1.807) is 0 Å². The lowest BCUT2D eigenvalue weighted by atomic mass is 9.63. The van der Waals surface area contributed by atoms with Gasteiger partial charge in [0.05, 0.1) is 12.0 Å². The third kappa shape index (κ3) is 1.43. The Kier molecular flexibility index (Phi) is 2.52. The molecule has 1 aliphatic heterocycles. The maximum Gasteiger partial charge on any atom is 0.314 e. The number of fused-ring (bicyclic) bond motifs is 1. The second kappa shape index (κ2) is 3.95. The first-order valence-electron chi connectivity index (χ1n) is 5.91. The van der Waals surface area contributed by atoms with E-state index < -0.39 is 17.2 Å². The van der Waals surface area contributed by atoms with Crippen LogP contribution in [-0.4, -0.2) is 17.9 Å². The molecule has 96 valence electrons. The summed E-state index contributed by atoms with van der Waals surface area (Å²) in [6, 6.07) is 2.81. The molecule has 3 rings (SSSR count). The van der Waals surface area contributed by atoms with Crippen molar-refractivity contribution in [1.29, 1.82) is 0 Å².